The molecular weight excluding hydrogens is 544 g/mol. The quantitative estimate of drug-likeness (QED) is 0.511. The van der Waals surface area contributed by atoms with Gasteiger partial charge in [-0.15, -0.1) is 0 Å². The van der Waals surface area contributed by atoms with E-state index in [0.29, 0.717) is 12.6 Å². The molecule has 1 amide bonds. The van der Waals surface area contributed by atoms with Crippen molar-refractivity contribution >= 4 is 17.8 Å². The topological polar surface area (TPSA) is 130 Å². The van der Waals surface area contributed by atoms with Crippen molar-refractivity contribution in [2.45, 2.75) is 62.8 Å². The van der Waals surface area contributed by atoms with Crippen LogP contribution in [0, 0.1) is 0 Å². The maximum absolute atomic E-state index is 12.2. The molecule has 10 nitrogen and oxygen atoms in total. The molecule has 1 aromatic rings. The summed E-state index contributed by atoms with van der Waals surface area (Å²) >= 11 is 0. The second kappa shape index (κ2) is 14.4. The highest BCUT2D eigenvalue weighted by Crippen LogP contribution is 2.33. The number of carboxylic acid groups (broad SMARTS) is 2. The summed E-state index contributed by atoms with van der Waals surface area (Å²) in [5.74, 6) is -5.39. The van der Waals surface area contributed by atoms with Crippen LogP contribution in [0.2, 0.25) is 0 Å². The summed E-state index contributed by atoms with van der Waals surface area (Å²) in [4.78, 5) is 38.8. The predicted molar refractivity (Wildman–Crippen MR) is 120 cm³/mol. The molecule has 0 aromatic carbocycles. The van der Waals surface area contributed by atoms with Gasteiger partial charge in [-0.25, -0.2) is 9.59 Å². The van der Waals surface area contributed by atoms with Crippen molar-refractivity contribution in [3.8, 4) is 0 Å². The number of halogens is 6. The van der Waals surface area contributed by atoms with Gasteiger partial charge in [0.1, 0.15) is 6.61 Å². The monoisotopic (exact) mass is 573 g/mol. The van der Waals surface area contributed by atoms with Crippen LogP contribution in [0.4, 0.5) is 26.3 Å². The lowest BCUT2D eigenvalue weighted by Crippen LogP contribution is -2.51. The molecule has 1 saturated carbocycles. The summed E-state index contributed by atoms with van der Waals surface area (Å²) in [6.07, 6.45) is -3.97. The molecule has 0 bridgehead atoms. The molecule has 3 atom stereocenters. The molecule has 0 spiro atoms. The number of likely N-dealkylation sites (tertiary alicyclic amines) is 1. The molecule has 1 aliphatic carbocycles. The zero-order chi connectivity index (χ0) is 29.2. The molecule has 39 heavy (non-hydrogen) atoms. The van der Waals surface area contributed by atoms with Gasteiger partial charge in [-0.2, -0.15) is 26.3 Å². The third-order valence-corrected chi connectivity index (χ3v) is 6.11. The predicted octanol–water partition coefficient (Wildman–Crippen LogP) is 2.72. The van der Waals surface area contributed by atoms with Gasteiger partial charge >= 0.3 is 24.3 Å². The van der Waals surface area contributed by atoms with E-state index in [1.807, 2.05) is 23.2 Å². The number of alkyl halides is 6. The molecule has 2 saturated heterocycles. The van der Waals surface area contributed by atoms with Crippen molar-refractivity contribution < 1.29 is 60.4 Å². The Kier molecular flexibility index (Phi) is 11.9. The van der Waals surface area contributed by atoms with Gasteiger partial charge in [0.15, 0.2) is 0 Å². The van der Waals surface area contributed by atoms with Gasteiger partial charge in [0.2, 0.25) is 5.91 Å². The summed E-state index contributed by atoms with van der Waals surface area (Å²) in [6.45, 7) is 4.45. The van der Waals surface area contributed by atoms with E-state index in [9.17, 15) is 31.1 Å². The van der Waals surface area contributed by atoms with Crippen LogP contribution in [0.1, 0.15) is 31.4 Å². The molecular formula is C23H29F6N3O7. The number of carboxylic acids is 2. The Hall–Kier alpha value is -2.98. The van der Waals surface area contributed by atoms with Crippen molar-refractivity contribution in [3.63, 3.8) is 0 Å². The van der Waals surface area contributed by atoms with Crippen LogP contribution in [0.5, 0.6) is 0 Å². The van der Waals surface area contributed by atoms with E-state index in [4.69, 9.17) is 29.3 Å². The van der Waals surface area contributed by atoms with E-state index in [-0.39, 0.29) is 24.7 Å². The molecule has 3 fully saturated rings. The summed E-state index contributed by atoms with van der Waals surface area (Å²) in [6, 6.07) is 6.41. The number of fused-ring (bicyclic) bond motifs is 1. The Balaban J connectivity index is 0.000000317. The van der Waals surface area contributed by atoms with Crippen molar-refractivity contribution in [1.82, 2.24) is 14.8 Å². The van der Waals surface area contributed by atoms with E-state index in [0.717, 1.165) is 57.6 Å². The van der Waals surface area contributed by atoms with Crippen LogP contribution < -0.4 is 0 Å². The number of morpholine rings is 1. The molecule has 4 rings (SSSR count). The number of carbonyl (C=O) groups excluding carboxylic acids is 1. The Morgan fingerprint density at radius 1 is 0.974 bits per heavy atom. The molecule has 3 heterocycles. The van der Waals surface area contributed by atoms with Gasteiger partial charge in [-0.3, -0.25) is 14.7 Å². The fraction of sp³-hybridized carbons (Fsp3) is 0.652. The fourth-order valence-electron chi connectivity index (χ4n) is 4.30. The largest absolute Gasteiger partial charge is 0.490 e. The molecule has 0 unspecified atom stereocenters. The number of pyridine rings is 1. The second-order valence-corrected chi connectivity index (χ2v) is 8.81. The molecule has 16 heteroatoms. The van der Waals surface area contributed by atoms with Gasteiger partial charge in [0.25, 0.3) is 0 Å². The van der Waals surface area contributed by atoms with Crippen LogP contribution in [0.25, 0.3) is 0 Å². The Labute approximate surface area is 219 Å². The number of rotatable bonds is 5. The third-order valence-electron chi connectivity index (χ3n) is 6.11. The second-order valence-electron chi connectivity index (χ2n) is 8.81. The highest BCUT2D eigenvalue weighted by Gasteiger charge is 2.44. The van der Waals surface area contributed by atoms with Gasteiger partial charge < -0.3 is 24.6 Å². The molecule has 2 N–H and O–H groups in total. The van der Waals surface area contributed by atoms with Crippen LogP contribution in [-0.2, 0) is 30.4 Å². The number of hydrogen-bond donors (Lipinski definition) is 2. The summed E-state index contributed by atoms with van der Waals surface area (Å²) in [7, 11) is 0. The average molecular weight is 573 g/mol. The van der Waals surface area contributed by atoms with Gasteiger partial charge in [0, 0.05) is 38.4 Å². The first-order valence-corrected chi connectivity index (χ1v) is 11.9. The lowest BCUT2D eigenvalue weighted by atomic mass is 10.1. The fourth-order valence-corrected chi connectivity index (χ4v) is 4.30. The van der Waals surface area contributed by atoms with E-state index >= 15 is 0 Å². The number of nitrogens with zero attached hydrogens (tertiary/aromatic N) is 3. The molecule has 220 valence electrons. The Morgan fingerprint density at radius 2 is 1.56 bits per heavy atom. The Morgan fingerprint density at radius 3 is 2.08 bits per heavy atom. The first-order valence-electron chi connectivity index (χ1n) is 11.9. The number of aliphatic carboxylic acids is 2. The molecule has 0 radical (unpaired) electrons. The SMILES string of the molecule is O=C(CO[C@@H]1CC[C@H]2[C@H]1OCCN2Cc1ccccn1)N1CCCC1.O=C(O)C(F)(F)F.O=C(O)C(F)(F)F. The van der Waals surface area contributed by atoms with Crippen LogP contribution >= 0.6 is 0 Å². The third kappa shape index (κ3) is 10.6. The minimum Gasteiger partial charge on any atom is -0.475 e. The number of amides is 1. The van der Waals surface area contributed by atoms with Crippen LogP contribution in [0.15, 0.2) is 24.4 Å². The van der Waals surface area contributed by atoms with Crippen molar-refractivity contribution in [2.75, 3.05) is 32.8 Å². The normalized spacial score (nSPS) is 23.1. The smallest absolute Gasteiger partial charge is 0.475 e. The lowest BCUT2D eigenvalue weighted by Gasteiger charge is -2.38. The number of ether oxygens (including phenoxy) is 2. The number of carbonyl (C=O) groups is 3. The average Bonchev–Trinajstić information content (AvgIpc) is 3.54. The lowest BCUT2D eigenvalue weighted by molar-refractivity contribution is -0.193. The number of hydrogen-bond acceptors (Lipinski definition) is 7. The van der Waals surface area contributed by atoms with Crippen molar-refractivity contribution in [3.05, 3.63) is 30.1 Å². The van der Waals surface area contributed by atoms with Crippen molar-refractivity contribution in [2.24, 2.45) is 0 Å². The zero-order valence-electron chi connectivity index (χ0n) is 20.7. The van der Waals surface area contributed by atoms with E-state index in [1.165, 1.54) is 0 Å². The van der Waals surface area contributed by atoms with Gasteiger partial charge in [0.05, 0.1) is 24.5 Å². The minimum absolute atomic E-state index is 0.0306. The highest BCUT2D eigenvalue weighted by molar-refractivity contribution is 5.77. The zero-order valence-corrected chi connectivity index (χ0v) is 20.7. The van der Waals surface area contributed by atoms with Gasteiger partial charge in [-0.05, 0) is 37.8 Å². The highest BCUT2D eigenvalue weighted by atomic mass is 19.4. The standard InChI is InChI=1S/C19H27N3O3.2C2HF3O2/c23-18(21-9-3-4-10-21)14-25-17-7-6-16-19(17)24-12-11-22(16)13-15-5-1-2-8-20-15;2*3-2(4,5)1(6)7/h1-2,5,8,16-17,19H,3-4,6-7,9-14H2;2*(H,6,7)/t16-,17+,19+;;/m0../s1. The van der Waals surface area contributed by atoms with E-state index in [2.05, 4.69) is 16.0 Å². The number of aromatic nitrogens is 1. The van der Waals surface area contributed by atoms with Crippen LogP contribution in [0.3, 0.4) is 0 Å². The summed E-state index contributed by atoms with van der Waals surface area (Å²) < 4.78 is 75.5. The summed E-state index contributed by atoms with van der Waals surface area (Å²) in [5.41, 5.74) is 1.09. The maximum atomic E-state index is 12.2. The Bertz CT molecular complexity index is 918. The van der Waals surface area contributed by atoms with E-state index < -0.39 is 24.3 Å². The van der Waals surface area contributed by atoms with Gasteiger partial charge in [-0.1, -0.05) is 6.07 Å². The summed E-state index contributed by atoms with van der Waals surface area (Å²) in [5, 5.41) is 14.2. The first kappa shape index (κ1) is 32.2. The van der Waals surface area contributed by atoms with Crippen molar-refractivity contribution in [1.29, 1.82) is 0 Å². The molecule has 3 aliphatic rings. The van der Waals surface area contributed by atoms with E-state index in [1.54, 1.807) is 0 Å². The first-order chi connectivity index (χ1) is 18.2. The maximum Gasteiger partial charge on any atom is 0.490 e. The molecule has 2 aliphatic heterocycles. The molecule has 1 aromatic heterocycles. The van der Waals surface area contributed by atoms with Crippen LogP contribution in [-0.4, -0.2) is 106 Å². The minimum atomic E-state index is -5.08.